The van der Waals surface area contributed by atoms with Gasteiger partial charge in [-0.1, -0.05) is 30.3 Å². The van der Waals surface area contributed by atoms with E-state index in [1.165, 1.54) is 24.3 Å². The average Bonchev–Trinajstić information content (AvgIpc) is 2.96. The maximum atomic E-state index is 13.2. The van der Waals surface area contributed by atoms with Gasteiger partial charge < -0.3 is 10.6 Å². The molecule has 1 fully saturated rings. The number of rotatable bonds is 7. The molecule has 2 amide bonds. The summed E-state index contributed by atoms with van der Waals surface area (Å²) in [4.78, 5) is 27.6. The number of amides is 2. The van der Waals surface area contributed by atoms with E-state index in [9.17, 15) is 22.4 Å². The second kappa shape index (κ2) is 12.0. The van der Waals surface area contributed by atoms with Gasteiger partial charge in [-0.25, -0.2) is 12.8 Å². The third-order valence-corrected chi connectivity index (χ3v) is 8.72. The Morgan fingerprint density at radius 3 is 1.90 bits per heavy atom. The average molecular weight is 572 g/mol. The first-order valence-electron chi connectivity index (χ1n) is 13.3. The maximum Gasteiger partial charge on any atom is 0.255 e. The monoisotopic (exact) mass is 571 g/mol. The Balaban J connectivity index is 1.20. The first-order valence-corrected chi connectivity index (χ1v) is 15.1. The second-order valence-corrected chi connectivity index (χ2v) is 12.5. The molecule has 0 aliphatic carbocycles. The molecule has 1 heterocycles. The third-order valence-electron chi connectivity index (χ3n) is 7.11. The van der Waals surface area contributed by atoms with Crippen LogP contribution in [-0.4, -0.2) is 49.7 Å². The summed E-state index contributed by atoms with van der Waals surface area (Å²) >= 11 is 0. The van der Waals surface area contributed by atoms with Gasteiger partial charge >= 0.3 is 0 Å². The summed E-state index contributed by atoms with van der Waals surface area (Å²) in [7, 11) is -2.91. The van der Waals surface area contributed by atoms with E-state index in [2.05, 4.69) is 15.5 Å². The van der Waals surface area contributed by atoms with Gasteiger partial charge in [0.25, 0.3) is 11.8 Å². The molecule has 4 aromatic rings. The van der Waals surface area contributed by atoms with Crippen LogP contribution in [0.5, 0.6) is 0 Å². The van der Waals surface area contributed by atoms with Gasteiger partial charge in [0.15, 0.2) is 9.84 Å². The summed E-state index contributed by atoms with van der Waals surface area (Å²) in [5, 5.41) is 5.77. The molecule has 1 aliphatic heterocycles. The first-order chi connectivity index (χ1) is 19.6. The lowest BCUT2D eigenvalue weighted by Gasteiger charge is -2.26. The van der Waals surface area contributed by atoms with Gasteiger partial charge in [-0.3, -0.25) is 14.5 Å². The van der Waals surface area contributed by atoms with Gasteiger partial charge in [0.05, 0.1) is 11.5 Å². The molecule has 0 bridgehead atoms. The summed E-state index contributed by atoms with van der Waals surface area (Å²) in [6, 6.07) is 25.8. The summed E-state index contributed by atoms with van der Waals surface area (Å²) in [5.74, 6) is -0.581. The van der Waals surface area contributed by atoms with Crippen LogP contribution in [0, 0.1) is 12.7 Å². The van der Waals surface area contributed by atoms with E-state index >= 15 is 0 Å². The van der Waals surface area contributed by atoms with Crippen LogP contribution in [0.25, 0.3) is 11.1 Å². The third kappa shape index (κ3) is 7.25. The van der Waals surface area contributed by atoms with Crippen molar-refractivity contribution in [2.24, 2.45) is 0 Å². The van der Waals surface area contributed by atoms with Crippen LogP contribution in [0.3, 0.4) is 0 Å². The fraction of sp³-hybridized carbons (Fsp3) is 0.188. The largest absolute Gasteiger partial charge is 0.322 e. The lowest BCUT2D eigenvalue weighted by molar-refractivity contribution is 0.101. The predicted molar refractivity (Wildman–Crippen MR) is 159 cm³/mol. The molecule has 0 atom stereocenters. The highest BCUT2D eigenvalue weighted by molar-refractivity contribution is 7.91. The molecule has 41 heavy (non-hydrogen) atoms. The van der Waals surface area contributed by atoms with Gasteiger partial charge in [0, 0.05) is 42.1 Å². The zero-order valence-electron chi connectivity index (χ0n) is 22.6. The number of carbonyl (C=O) groups excluding carboxylic acids is 2. The number of anilines is 2. The van der Waals surface area contributed by atoms with Crippen molar-refractivity contribution < 1.29 is 22.4 Å². The molecule has 1 aliphatic rings. The highest BCUT2D eigenvalue weighted by Crippen LogP contribution is 2.27. The number of aryl methyl sites for hydroxylation is 1. The lowest BCUT2D eigenvalue weighted by atomic mass is 9.98. The quantitative estimate of drug-likeness (QED) is 0.304. The van der Waals surface area contributed by atoms with Crippen LogP contribution in [0.1, 0.15) is 31.8 Å². The first kappa shape index (κ1) is 28.2. The molecular weight excluding hydrogens is 541 g/mol. The van der Waals surface area contributed by atoms with E-state index in [0.717, 1.165) is 22.3 Å². The molecule has 9 heteroatoms. The van der Waals surface area contributed by atoms with E-state index in [1.807, 2.05) is 61.5 Å². The Hall–Kier alpha value is -4.34. The minimum atomic E-state index is -2.91. The Bertz CT molecular complexity index is 1660. The lowest BCUT2D eigenvalue weighted by Crippen LogP contribution is -2.39. The highest BCUT2D eigenvalue weighted by atomic mass is 32.2. The number of hydrogen-bond acceptors (Lipinski definition) is 5. The molecule has 0 saturated carbocycles. The van der Waals surface area contributed by atoms with Crippen LogP contribution in [-0.2, 0) is 16.4 Å². The number of sulfone groups is 1. The van der Waals surface area contributed by atoms with Crippen LogP contribution >= 0.6 is 0 Å². The van der Waals surface area contributed by atoms with Crippen molar-refractivity contribution >= 4 is 33.0 Å². The van der Waals surface area contributed by atoms with Crippen LogP contribution in [0.4, 0.5) is 15.8 Å². The topological polar surface area (TPSA) is 95.6 Å². The van der Waals surface area contributed by atoms with E-state index in [1.54, 1.807) is 12.1 Å². The Morgan fingerprint density at radius 2 is 1.29 bits per heavy atom. The summed E-state index contributed by atoms with van der Waals surface area (Å²) in [6.07, 6.45) is 0. The SMILES string of the molecule is Cc1ccc(NC(=O)c2ccc(F)cc2)cc1-c1ccc(C(=O)Nc2ccc(CN3CCS(=O)(=O)CC3)cc2)cc1. The Kier molecular flexibility index (Phi) is 8.28. The molecule has 210 valence electrons. The van der Waals surface area contributed by atoms with Crippen molar-refractivity contribution in [2.45, 2.75) is 13.5 Å². The number of carbonyl (C=O) groups is 2. The summed E-state index contributed by atoms with van der Waals surface area (Å²) < 4.78 is 36.4. The summed E-state index contributed by atoms with van der Waals surface area (Å²) in [5.41, 5.74) is 6.01. The van der Waals surface area contributed by atoms with Gasteiger partial charge in [0.1, 0.15) is 5.82 Å². The molecule has 1 saturated heterocycles. The zero-order valence-corrected chi connectivity index (χ0v) is 23.4. The van der Waals surface area contributed by atoms with E-state index in [-0.39, 0.29) is 23.3 Å². The standard InChI is InChI=1S/C32H30FN3O4S/c1-22-2-13-29(35-32(38)26-9-11-27(33)12-10-26)20-30(22)24-5-7-25(8-6-24)31(37)34-28-14-3-23(4-15-28)21-36-16-18-41(39,40)19-17-36/h2-15,20H,16-19,21H2,1H3,(H,34,37)(H,35,38). The van der Waals surface area contributed by atoms with Crippen molar-refractivity contribution in [2.75, 3.05) is 35.2 Å². The molecule has 0 unspecified atom stereocenters. The van der Waals surface area contributed by atoms with Crippen molar-refractivity contribution in [3.8, 4) is 11.1 Å². The van der Waals surface area contributed by atoms with Crippen molar-refractivity contribution in [3.05, 3.63) is 119 Å². The smallest absolute Gasteiger partial charge is 0.255 e. The molecule has 5 rings (SSSR count). The van der Waals surface area contributed by atoms with Crippen LogP contribution in [0.2, 0.25) is 0 Å². The number of hydrogen-bond donors (Lipinski definition) is 2. The Labute approximate surface area is 238 Å². The number of benzene rings is 4. The second-order valence-electron chi connectivity index (χ2n) is 10.1. The normalized spacial score (nSPS) is 14.8. The maximum absolute atomic E-state index is 13.2. The van der Waals surface area contributed by atoms with Crippen molar-refractivity contribution in [3.63, 3.8) is 0 Å². The molecule has 0 spiro atoms. The van der Waals surface area contributed by atoms with Crippen LogP contribution in [0.15, 0.2) is 91.0 Å². The highest BCUT2D eigenvalue weighted by Gasteiger charge is 2.21. The number of halogens is 1. The molecular formula is C32H30FN3O4S. The number of nitrogens with one attached hydrogen (secondary N) is 2. The minimum Gasteiger partial charge on any atom is -0.322 e. The van der Waals surface area contributed by atoms with Gasteiger partial charge in [0.2, 0.25) is 0 Å². The summed E-state index contributed by atoms with van der Waals surface area (Å²) in [6.45, 7) is 3.71. The molecule has 4 aromatic carbocycles. The van der Waals surface area contributed by atoms with E-state index in [0.29, 0.717) is 42.1 Å². The van der Waals surface area contributed by atoms with E-state index < -0.39 is 15.7 Å². The molecule has 0 aromatic heterocycles. The van der Waals surface area contributed by atoms with Gasteiger partial charge in [-0.05, 0) is 89.8 Å². The van der Waals surface area contributed by atoms with Crippen LogP contribution < -0.4 is 10.6 Å². The fourth-order valence-corrected chi connectivity index (χ4v) is 5.96. The molecule has 0 radical (unpaired) electrons. The molecule has 2 N–H and O–H groups in total. The van der Waals surface area contributed by atoms with E-state index in [4.69, 9.17) is 0 Å². The van der Waals surface area contributed by atoms with Gasteiger partial charge in [-0.2, -0.15) is 0 Å². The van der Waals surface area contributed by atoms with Crippen molar-refractivity contribution in [1.82, 2.24) is 4.90 Å². The predicted octanol–water partition coefficient (Wildman–Crippen LogP) is 5.54. The fourth-order valence-electron chi connectivity index (χ4n) is 4.68. The van der Waals surface area contributed by atoms with Crippen molar-refractivity contribution in [1.29, 1.82) is 0 Å². The zero-order chi connectivity index (χ0) is 29.0. The number of nitrogens with zero attached hydrogens (tertiary/aromatic N) is 1. The van der Waals surface area contributed by atoms with Gasteiger partial charge in [-0.15, -0.1) is 0 Å². The Morgan fingerprint density at radius 1 is 0.756 bits per heavy atom. The minimum absolute atomic E-state index is 0.193. The molecule has 7 nitrogen and oxygen atoms in total.